The number of hydrogen-bond donors (Lipinski definition) is 2. The van der Waals surface area contributed by atoms with Gasteiger partial charge in [0, 0.05) is 12.5 Å². The van der Waals surface area contributed by atoms with Gasteiger partial charge in [0.15, 0.2) is 0 Å². The number of halogens is 1. The summed E-state index contributed by atoms with van der Waals surface area (Å²) >= 11 is 0. The van der Waals surface area contributed by atoms with Crippen LogP contribution in [0, 0.1) is 5.82 Å². The van der Waals surface area contributed by atoms with E-state index >= 15 is 0 Å². The first-order chi connectivity index (χ1) is 7.65. The Morgan fingerprint density at radius 3 is 2.81 bits per heavy atom. The van der Waals surface area contributed by atoms with Crippen LogP contribution in [0.2, 0.25) is 0 Å². The monoisotopic (exact) mass is 226 g/mol. The van der Waals surface area contributed by atoms with E-state index in [1.165, 1.54) is 12.1 Å². The molecule has 1 aromatic carbocycles. The molecule has 1 heterocycles. The van der Waals surface area contributed by atoms with Crippen LogP contribution in [0.4, 0.5) is 4.39 Å². The highest BCUT2D eigenvalue weighted by molar-refractivity contribution is 6.58. The van der Waals surface area contributed by atoms with Gasteiger partial charge in [-0.2, -0.15) is 0 Å². The Morgan fingerprint density at radius 2 is 2.19 bits per heavy atom. The fourth-order valence-corrected chi connectivity index (χ4v) is 1.60. The molecule has 0 radical (unpaired) electrons. The zero-order valence-corrected chi connectivity index (χ0v) is 8.60. The largest absolute Gasteiger partial charge is 0.488 e. The maximum Gasteiger partial charge on any atom is 0.488 e. The van der Waals surface area contributed by atoms with E-state index in [4.69, 9.17) is 19.5 Å². The van der Waals surface area contributed by atoms with Crippen molar-refractivity contribution in [2.24, 2.45) is 0 Å². The van der Waals surface area contributed by atoms with Gasteiger partial charge < -0.3 is 19.5 Å². The molecule has 86 valence electrons. The molecule has 1 aliphatic rings. The maximum atomic E-state index is 13.1. The van der Waals surface area contributed by atoms with Gasteiger partial charge in [0.05, 0.1) is 13.2 Å². The van der Waals surface area contributed by atoms with Crippen molar-refractivity contribution in [3.05, 3.63) is 24.0 Å². The maximum absolute atomic E-state index is 13.1. The third-order valence-corrected chi connectivity index (χ3v) is 2.38. The molecule has 1 atom stereocenters. The molecule has 0 amide bonds. The van der Waals surface area contributed by atoms with E-state index < -0.39 is 12.9 Å². The third kappa shape index (κ3) is 2.72. The fraction of sp³-hybridized carbons (Fsp3) is 0.400. The van der Waals surface area contributed by atoms with E-state index in [1.807, 2.05) is 0 Å². The van der Waals surface area contributed by atoms with Gasteiger partial charge in [-0.3, -0.25) is 0 Å². The summed E-state index contributed by atoms with van der Waals surface area (Å²) in [5.41, 5.74) is 0.0777. The fourth-order valence-electron chi connectivity index (χ4n) is 1.60. The Bertz CT molecular complexity index is 366. The highest BCUT2D eigenvalue weighted by Gasteiger charge is 2.19. The molecule has 0 spiro atoms. The molecule has 1 saturated heterocycles. The molecule has 0 saturated carbocycles. The van der Waals surface area contributed by atoms with Gasteiger partial charge >= 0.3 is 7.12 Å². The molecule has 2 N–H and O–H groups in total. The summed E-state index contributed by atoms with van der Waals surface area (Å²) in [5.74, 6) is -0.266. The molecule has 16 heavy (non-hydrogen) atoms. The second-order valence-corrected chi connectivity index (χ2v) is 3.70. The minimum absolute atomic E-state index is 0.0777. The van der Waals surface area contributed by atoms with E-state index in [2.05, 4.69) is 0 Å². The van der Waals surface area contributed by atoms with Gasteiger partial charge in [-0.05, 0) is 17.6 Å². The topological polar surface area (TPSA) is 58.9 Å². The van der Waals surface area contributed by atoms with Gasteiger partial charge in [-0.25, -0.2) is 4.39 Å². The average Bonchev–Trinajstić information content (AvgIpc) is 2.69. The lowest BCUT2D eigenvalue weighted by Crippen LogP contribution is -2.30. The Hall–Kier alpha value is -1.11. The van der Waals surface area contributed by atoms with Gasteiger partial charge in [0.2, 0.25) is 0 Å². The summed E-state index contributed by atoms with van der Waals surface area (Å²) in [6.45, 7) is 1.11. The molecule has 0 aromatic heterocycles. The van der Waals surface area contributed by atoms with Crippen LogP contribution in [-0.2, 0) is 4.74 Å². The Labute approximate surface area is 92.8 Å². The van der Waals surface area contributed by atoms with Crippen molar-refractivity contribution in [1.82, 2.24) is 0 Å². The first-order valence-corrected chi connectivity index (χ1v) is 5.06. The Morgan fingerprint density at radius 1 is 1.38 bits per heavy atom. The minimum atomic E-state index is -1.70. The molecule has 1 aliphatic heterocycles. The van der Waals surface area contributed by atoms with Gasteiger partial charge in [0.25, 0.3) is 0 Å². The highest BCUT2D eigenvalue weighted by atomic mass is 19.1. The van der Waals surface area contributed by atoms with Crippen LogP contribution in [0.5, 0.6) is 5.75 Å². The quantitative estimate of drug-likeness (QED) is 0.693. The van der Waals surface area contributed by atoms with Crippen molar-refractivity contribution in [3.8, 4) is 5.75 Å². The van der Waals surface area contributed by atoms with Crippen LogP contribution < -0.4 is 10.2 Å². The number of rotatable bonds is 3. The summed E-state index contributed by atoms with van der Waals surface area (Å²) in [7, 11) is -1.70. The summed E-state index contributed by atoms with van der Waals surface area (Å²) < 4.78 is 23.7. The summed E-state index contributed by atoms with van der Waals surface area (Å²) in [6, 6.07) is 3.68. The molecule has 2 rings (SSSR count). The van der Waals surface area contributed by atoms with E-state index in [1.54, 1.807) is 0 Å². The van der Waals surface area contributed by atoms with Crippen LogP contribution in [0.15, 0.2) is 18.2 Å². The van der Waals surface area contributed by atoms with E-state index in [0.717, 1.165) is 12.5 Å². The summed E-state index contributed by atoms with van der Waals surface area (Å²) in [5, 5.41) is 17.9. The number of hydrogen-bond acceptors (Lipinski definition) is 4. The average molecular weight is 226 g/mol. The SMILES string of the molecule is OB(O)c1cc(F)cc(OC2CCOC2)c1. The second-order valence-electron chi connectivity index (χ2n) is 3.70. The predicted octanol–water partition coefficient (Wildman–Crippen LogP) is -0.327. The van der Waals surface area contributed by atoms with Crippen LogP contribution >= 0.6 is 0 Å². The van der Waals surface area contributed by atoms with Crippen LogP contribution in [0.25, 0.3) is 0 Å². The smallest absolute Gasteiger partial charge is 0.488 e. The lowest BCUT2D eigenvalue weighted by Gasteiger charge is -2.12. The first kappa shape index (κ1) is 11.4. The van der Waals surface area contributed by atoms with E-state index in [9.17, 15) is 4.39 Å². The molecule has 0 aliphatic carbocycles. The number of ether oxygens (including phenoxy) is 2. The third-order valence-electron chi connectivity index (χ3n) is 2.38. The van der Waals surface area contributed by atoms with Crippen molar-refractivity contribution in [3.63, 3.8) is 0 Å². The Balaban J connectivity index is 2.13. The van der Waals surface area contributed by atoms with Crippen molar-refractivity contribution in [2.75, 3.05) is 13.2 Å². The molecule has 1 unspecified atom stereocenters. The summed E-state index contributed by atoms with van der Waals surface area (Å²) in [6.07, 6.45) is 0.665. The zero-order chi connectivity index (χ0) is 11.5. The molecular formula is C10H12BFO4. The molecule has 4 nitrogen and oxygen atoms in total. The van der Waals surface area contributed by atoms with Crippen LogP contribution in [-0.4, -0.2) is 36.5 Å². The summed E-state index contributed by atoms with van der Waals surface area (Å²) in [4.78, 5) is 0. The van der Waals surface area contributed by atoms with Crippen molar-refractivity contribution >= 4 is 12.6 Å². The van der Waals surface area contributed by atoms with Crippen LogP contribution in [0.3, 0.4) is 0 Å². The molecule has 1 aromatic rings. The van der Waals surface area contributed by atoms with Crippen molar-refractivity contribution in [2.45, 2.75) is 12.5 Å². The Kier molecular flexibility index (Phi) is 3.43. The predicted molar refractivity (Wildman–Crippen MR) is 56.1 cm³/mol. The minimum Gasteiger partial charge on any atom is -0.488 e. The van der Waals surface area contributed by atoms with E-state index in [0.29, 0.717) is 19.0 Å². The standard InChI is InChI=1S/C10H12BFO4/c12-8-3-7(11(13)14)4-10(5-8)16-9-1-2-15-6-9/h3-5,9,13-14H,1-2,6H2. The highest BCUT2D eigenvalue weighted by Crippen LogP contribution is 2.17. The van der Waals surface area contributed by atoms with Crippen molar-refractivity contribution in [1.29, 1.82) is 0 Å². The first-order valence-electron chi connectivity index (χ1n) is 5.06. The van der Waals surface area contributed by atoms with Gasteiger partial charge in [-0.1, -0.05) is 0 Å². The van der Waals surface area contributed by atoms with Crippen LogP contribution in [0.1, 0.15) is 6.42 Å². The van der Waals surface area contributed by atoms with E-state index in [-0.39, 0.29) is 11.6 Å². The lowest BCUT2D eigenvalue weighted by atomic mass is 9.80. The number of benzene rings is 1. The second kappa shape index (κ2) is 4.82. The van der Waals surface area contributed by atoms with Gasteiger partial charge in [0.1, 0.15) is 17.7 Å². The van der Waals surface area contributed by atoms with Crippen molar-refractivity contribution < 1.29 is 23.9 Å². The normalized spacial score (nSPS) is 19.8. The van der Waals surface area contributed by atoms with Gasteiger partial charge in [-0.15, -0.1) is 0 Å². The zero-order valence-electron chi connectivity index (χ0n) is 8.60. The molecule has 0 bridgehead atoms. The molecular weight excluding hydrogens is 214 g/mol. The molecule has 6 heteroatoms. The lowest BCUT2D eigenvalue weighted by molar-refractivity contribution is 0.141. The molecule has 1 fully saturated rings.